The quantitative estimate of drug-likeness (QED) is 0.0242. The van der Waals surface area contributed by atoms with Gasteiger partial charge in [-0.25, -0.2) is 0 Å². The van der Waals surface area contributed by atoms with Crippen molar-refractivity contribution in [3.05, 3.63) is 35.9 Å². The van der Waals surface area contributed by atoms with Crippen molar-refractivity contribution in [2.24, 2.45) is 44.4 Å². The van der Waals surface area contributed by atoms with Gasteiger partial charge in [0.1, 0.15) is 36.4 Å². The van der Waals surface area contributed by atoms with Crippen LogP contribution in [0, 0.1) is 0 Å². The highest BCUT2D eigenvalue weighted by Gasteiger charge is 2.30. The van der Waals surface area contributed by atoms with Gasteiger partial charge in [0.15, 0.2) is 11.9 Å². The molecule has 0 spiro atoms. The maximum atomic E-state index is 13.6. The zero-order valence-corrected chi connectivity index (χ0v) is 26.8. The Morgan fingerprint density at radius 3 is 1.56 bits per heavy atom. The second-order valence-corrected chi connectivity index (χ2v) is 10.8. The summed E-state index contributed by atoms with van der Waals surface area (Å²) < 4.78 is 0. The van der Waals surface area contributed by atoms with Crippen LogP contribution in [0.2, 0.25) is 0 Å². The molecule has 0 radical (unpaired) electrons. The molecular weight excluding hydrogens is 628 g/mol. The zero-order chi connectivity index (χ0) is 36.2. The van der Waals surface area contributed by atoms with E-state index in [1.165, 1.54) is 6.92 Å². The Balaban J connectivity index is 3.17. The molecule has 19 nitrogen and oxygen atoms in total. The summed E-state index contributed by atoms with van der Waals surface area (Å²) in [7, 11) is 0. The molecule has 4 atom stereocenters. The molecule has 6 amide bonds. The van der Waals surface area contributed by atoms with E-state index in [4.69, 9.17) is 34.4 Å². The summed E-state index contributed by atoms with van der Waals surface area (Å²) in [6.07, 6.45) is -0.561. The normalized spacial score (nSPS) is 12.9. The number of nitrogens with two attached hydrogens (primary N) is 6. The van der Waals surface area contributed by atoms with Gasteiger partial charge < -0.3 is 55.7 Å². The molecule has 0 heterocycles. The molecule has 16 N–H and O–H groups in total. The Kier molecular flexibility index (Phi) is 17.7. The molecule has 0 saturated heterocycles. The van der Waals surface area contributed by atoms with Crippen molar-refractivity contribution in [3.63, 3.8) is 0 Å². The lowest BCUT2D eigenvalue weighted by atomic mass is 10.0. The number of hydrogen-bond donors (Lipinski definition) is 10. The molecule has 0 aliphatic rings. The van der Waals surface area contributed by atoms with E-state index in [0.717, 1.165) is 0 Å². The van der Waals surface area contributed by atoms with Crippen LogP contribution in [0.1, 0.15) is 51.0 Å². The monoisotopic (exact) mass is 674 g/mol. The number of rotatable bonds is 22. The van der Waals surface area contributed by atoms with Crippen LogP contribution in [0.3, 0.4) is 0 Å². The molecule has 0 fully saturated rings. The van der Waals surface area contributed by atoms with Gasteiger partial charge in [0.2, 0.25) is 35.4 Å². The molecular formula is C29H46N12O7. The molecule has 0 aromatic heterocycles. The van der Waals surface area contributed by atoms with Gasteiger partial charge in [-0.1, -0.05) is 30.3 Å². The molecule has 1 aromatic carbocycles. The summed E-state index contributed by atoms with van der Waals surface area (Å²) in [5.74, 6) is -5.87. The number of nitrogens with one attached hydrogen (secondary N) is 4. The number of amides is 6. The molecule has 0 aliphatic carbocycles. The molecule has 0 saturated carbocycles. The summed E-state index contributed by atoms with van der Waals surface area (Å²) >= 11 is 0. The van der Waals surface area contributed by atoms with Crippen LogP contribution >= 0.6 is 0 Å². The zero-order valence-electron chi connectivity index (χ0n) is 26.8. The maximum Gasteiger partial charge on any atom is 0.243 e. The summed E-state index contributed by atoms with van der Waals surface area (Å²) in [5, 5.41) is 9.83. The number of guanidine groups is 2. The lowest BCUT2D eigenvalue weighted by Crippen LogP contribution is -2.57. The summed E-state index contributed by atoms with van der Waals surface area (Å²) in [5.41, 5.74) is 32.8. The number of aliphatic imine (C=N–C) groups is 2. The third-order valence-electron chi connectivity index (χ3n) is 6.61. The van der Waals surface area contributed by atoms with E-state index in [0.29, 0.717) is 12.0 Å². The van der Waals surface area contributed by atoms with Gasteiger partial charge in [-0.15, -0.1) is 0 Å². The topological polar surface area (TPSA) is 348 Å². The second-order valence-electron chi connectivity index (χ2n) is 10.8. The van der Waals surface area contributed by atoms with Crippen molar-refractivity contribution in [1.82, 2.24) is 21.3 Å². The number of hydrogen-bond acceptors (Lipinski definition) is 9. The summed E-state index contributed by atoms with van der Waals surface area (Å²) in [4.78, 5) is 95.1. The third kappa shape index (κ3) is 17.1. The van der Waals surface area contributed by atoms with Crippen molar-refractivity contribution in [2.75, 3.05) is 13.1 Å². The van der Waals surface area contributed by atoms with E-state index < -0.39 is 71.8 Å². The second kappa shape index (κ2) is 21.1. The van der Waals surface area contributed by atoms with E-state index in [9.17, 15) is 33.6 Å². The number of carbonyl (C=O) groups is 7. The predicted octanol–water partition coefficient (Wildman–Crippen LogP) is -4.38. The minimum Gasteiger partial charge on any atom is -0.370 e. The first kappa shape index (κ1) is 40.3. The van der Waals surface area contributed by atoms with E-state index >= 15 is 0 Å². The molecule has 264 valence electrons. The molecule has 19 heteroatoms. The first-order valence-electron chi connectivity index (χ1n) is 15.0. The first-order valence-corrected chi connectivity index (χ1v) is 15.0. The Bertz CT molecular complexity index is 1350. The van der Waals surface area contributed by atoms with Crippen LogP contribution in [0.25, 0.3) is 0 Å². The molecule has 0 bridgehead atoms. The SMILES string of the molecule is CC(=O)CC(NC(=O)CC(=O)NC(CCCN=C(N)N)C(=O)NC(Cc1ccccc1)C(=O)NC(CCCN=C(N)N)C(N)=O)C(N)=O. The highest BCUT2D eigenvalue weighted by atomic mass is 16.2. The van der Waals surface area contributed by atoms with Crippen molar-refractivity contribution in [2.45, 2.75) is 76.0 Å². The first-order chi connectivity index (χ1) is 22.6. The molecule has 4 unspecified atom stereocenters. The largest absolute Gasteiger partial charge is 0.370 e. The number of ketones is 1. The summed E-state index contributed by atoms with van der Waals surface area (Å²) in [6.45, 7) is 1.49. The highest BCUT2D eigenvalue weighted by Crippen LogP contribution is 2.08. The number of benzene rings is 1. The molecule has 1 aromatic rings. The van der Waals surface area contributed by atoms with Crippen LogP contribution in [0.4, 0.5) is 0 Å². The van der Waals surface area contributed by atoms with Crippen molar-refractivity contribution in [1.29, 1.82) is 0 Å². The van der Waals surface area contributed by atoms with Crippen LogP contribution in [0.15, 0.2) is 40.3 Å². The number of Topliss-reactive ketones (excluding diaryl/α,β-unsaturated/α-hetero) is 1. The Labute approximate surface area is 277 Å². The minimum absolute atomic E-state index is 0.000374. The van der Waals surface area contributed by atoms with Crippen LogP contribution < -0.4 is 55.7 Å². The Morgan fingerprint density at radius 2 is 1.08 bits per heavy atom. The fourth-order valence-corrected chi connectivity index (χ4v) is 4.31. The Morgan fingerprint density at radius 1 is 0.625 bits per heavy atom. The molecule has 0 aliphatic heterocycles. The van der Waals surface area contributed by atoms with Gasteiger partial charge >= 0.3 is 0 Å². The maximum absolute atomic E-state index is 13.6. The van der Waals surface area contributed by atoms with Crippen molar-refractivity contribution < 1.29 is 33.6 Å². The van der Waals surface area contributed by atoms with Gasteiger partial charge in [-0.05, 0) is 38.2 Å². The lowest BCUT2D eigenvalue weighted by Gasteiger charge is -2.25. The standard InChI is InChI=1S/C29H46N12O7/c1-16(42)13-20(25(31)46)39-23(44)15-22(43)38-19(10-6-12-37-29(34)35)26(47)41-21(14-17-7-3-2-4-8-17)27(48)40-18(24(30)45)9-5-11-36-28(32)33/h2-4,7-8,18-21H,5-6,9-15H2,1H3,(H2,30,45)(H2,31,46)(H,38,43)(H,39,44)(H,40,48)(H,41,47)(H4,32,33,36)(H4,34,35,37). The van der Waals surface area contributed by atoms with E-state index in [1.807, 2.05) is 0 Å². The molecule has 1 rings (SSSR count). The lowest BCUT2D eigenvalue weighted by molar-refractivity contribution is -0.135. The smallest absolute Gasteiger partial charge is 0.243 e. The average molecular weight is 675 g/mol. The predicted molar refractivity (Wildman–Crippen MR) is 176 cm³/mol. The minimum atomic E-state index is -1.32. The molecule has 48 heavy (non-hydrogen) atoms. The van der Waals surface area contributed by atoms with Crippen LogP contribution in [-0.2, 0) is 40.0 Å². The van der Waals surface area contributed by atoms with Gasteiger partial charge in [0, 0.05) is 25.9 Å². The van der Waals surface area contributed by atoms with Gasteiger partial charge in [0.05, 0.1) is 0 Å². The van der Waals surface area contributed by atoms with Crippen LogP contribution in [-0.4, -0.2) is 90.4 Å². The number of primary amides is 2. The van der Waals surface area contributed by atoms with E-state index in [-0.39, 0.29) is 57.1 Å². The van der Waals surface area contributed by atoms with E-state index in [2.05, 4.69) is 31.3 Å². The fraction of sp³-hybridized carbons (Fsp3) is 0.483. The third-order valence-corrected chi connectivity index (χ3v) is 6.61. The van der Waals surface area contributed by atoms with Crippen LogP contribution in [0.5, 0.6) is 0 Å². The van der Waals surface area contributed by atoms with Crippen molar-refractivity contribution >= 4 is 53.1 Å². The average Bonchev–Trinajstić information content (AvgIpc) is 2.99. The summed E-state index contributed by atoms with van der Waals surface area (Å²) in [6, 6.07) is 3.75. The van der Waals surface area contributed by atoms with Gasteiger partial charge in [-0.2, -0.15) is 0 Å². The van der Waals surface area contributed by atoms with Gasteiger partial charge in [0.25, 0.3) is 0 Å². The van der Waals surface area contributed by atoms with Crippen molar-refractivity contribution in [3.8, 4) is 0 Å². The van der Waals surface area contributed by atoms with Gasteiger partial charge in [-0.3, -0.25) is 43.5 Å². The highest BCUT2D eigenvalue weighted by molar-refractivity contribution is 6.01. The van der Waals surface area contributed by atoms with E-state index in [1.54, 1.807) is 30.3 Å². The Hall–Kier alpha value is -5.75. The number of nitrogens with zero attached hydrogens (tertiary/aromatic N) is 2. The fourth-order valence-electron chi connectivity index (χ4n) is 4.31. The number of carbonyl (C=O) groups excluding carboxylic acids is 7.